The monoisotopic (exact) mass is 327 g/mol. The molecule has 3 rings (SSSR count). The third-order valence-corrected chi connectivity index (χ3v) is 4.47. The van der Waals surface area contributed by atoms with Crippen molar-refractivity contribution in [2.45, 2.75) is 25.7 Å². The lowest BCUT2D eigenvalue weighted by atomic mass is 9.90. The summed E-state index contributed by atoms with van der Waals surface area (Å²) in [5.41, 5.74) is 2.82. The topological polar surface area (TPSA) is 45.2 Å². The van der Waals surface area contributed by atoms with E-state index in [0.717, 1.165) is 31.6 Å². The third-order valence-electron chi connectivity index (χ3n) is 4.47. The predicted molar refractivity (Wildman–Crippen MR) is 92.4 cm³/mol. The maximum absolute atomic E-state index is 13.1. The Morgan fingerprint density at radius 3 is 2.75 bits per heavy atom. The number of pyridine rings is 1. The molecule has 0 spiro atoms. The molecule has 0 radical (unpaired) electrons. The van der Waals surface area contributed by atoms with Crippen LogP contribution in [0.25, 0.3) is 0 Å². The molecule has 1 aromatic carbocycles. The van der Waals surface area contributed by atoms with Crippen LogP contribution in [-0.2, 0) is 4.79 Å². The van der Waals surface area contributed by atoms with Gasteiger partial charge in [0.25, 0.3) is 0 Å². The summed E-state index contributed by atoms with van der Waals surface area (Å²) in [6.07, 6.45) is 4.02. The number of amides is 1. The molecule has 24 heavy (non-hydrogen) atoms. The molecule has 0 saturated carbocycles. The maximum atomic E-state index is 13.1. The zero-order chi connectivity index (χ0) is 16.9. The van der Waals surface area contributed by atoms with Crippen LogP contribution in [0, 0.1) is 12.7 Å². The Morgan fingerprint density at radius 2 is 2.08 bits per heavy atom. The van der Waals surface area contributed by atoms with E-state index in [1.807, 2.05) is 19.2 Å². The van der Waals surface area contributed by atoms with Gasteiger partial charge in [0.2, 0.25) is 5.91 Å². The van der Waals surface area contributed by atoms with Gasteiger partial charge in [0, 0.05) is 17.6 Å². The molecule has 0 aliphatic carbocycles. The molecular weight excluding hydrogens is 305 g/mol. The first-order chi connectivity index (χ1) is 11.6. The highest BCUT2D eigenvalue weighted by molar-refractivity contribution is 5.92. The highest BCUT2D eigenvalue weighted by Gasteiger charge is 2.22. The number of anilines is 1. The average Bonchev–Trinajstić information content (AvgIpc) is 2.56. The van der Waals surface area contributed by atoms with E-state index in [9.17, 15) is 9.18 Å². The van der Waals surface area contributed by atoms with Crippen molar-refractivity contribution in [1.29, 1.82) is 0 Å². The minimum atomic E-state index is -0.347. The second-order valence-electron chi connectivity index (χ2n) is 6.34. The van der Waals surface area contributed by atoms with Gasteiger partial charge >= 0.3 is 0 Å². The van der Waals surface area contributed by atoms with E-state index in [1.54, 1.807) is 12.1 Å². The molecule has 2 heterocycles. The molecule has 0 unspecified atom stereocenters. The number of carbonyl (C=O) groups is 1. The van der Waals surface area contributed by atoms with Crippen LogP contribution in [0.15, 0.2) is 42.6 Å². The number of nitrogens with zero attached hydrogens (tertiary/aromatic N) is 2. The molecule has 2 aromatic rings. The van der Waals surface area contributed by atoms with Gasteiger partial charge in [0.15, 0.2) is 0 Å². The molecule has 1 aromatic heterocycles. The molecule has 5 heteroatoms. The van der Waals surface area contributed by atoms with Crippen LogP contribution in [0.5, 0.6) is 0 Å². The fourth-order valence-electron chi connectivity index (χ4n) is 3.11. The lowest BCUT2D eigenvalue weighted by Gasteiger charge is -2.31. The lowest BCUT2D eigenvalue weighted by molar-refractivity contribution is -0.117. The molecule has 1 fully saturated rings. The van der Waals surface area contributed by atoms with Crippen LogP contribution in [0.2, 0.25) is 0 Å². The summed E-state index contributed by atoms with van der Waals surface area (Å²) in [5, 5.41) is 2.75. The molecule has 1 saturated heterocycles. The number of hydrogen-bond acceptors (Lipinski definition) is 3. The molecule has 4 nitrogen and oxygen atoms in total. The van der Waals surface area contributed by atoms with Gasteiger partial charge in [0.1, 0.15) is 5.82 Å². The summed E-state index contributed by atoms with van der Waals surface area (Å²) < 4.78 is 13.1. The Kier molecular flexibility index (Phi) is 5.20. The SMILES string of the molecule is Cc1ccc(C2CCN(CC(=O)Nc3cccc(F)c3)CC2)cn1. The second-order valence-corrected chi connectivity index (χ2v) is 6.34. The molecule has 1 N–H and O–H groups in total. The quantitative estimate of drug-likeness (QED) is 0.937. The van der Waals surface area contributed by atoms with Crippen LogP contribution in [-0.4, -0.2) is 35.4 Å². The smallest absolute Gasteiger partial charge is 0.238 e. The van der Waals surface area contributed by atoms with Gasteiger partial charge in [-0.2, -0.15) is 0 Å². The van der Waals surface area contributed by atoms with E-state index >= 15 is 0 Å². The summed E-state index contributed by atoms with van der Waals surface area (Å²) in [6.45, 7) is 4.10. The van der Waals surface area contributed by atoms with Crippen molar-refractivity contribution < 1.29 is 9.18 Å². The first kappa shape index (κ1) is 16.6. The number of piperidine rings is 1. The van der Waals surface area contributed by atoms with Gasteiger partial charge in [-0.05, 0) is 68.6 Å². The van der Waals surface area contributed by atoms with Crippen molar-refractivity contribution in [1.82, 2.24) is 9.88 Å². The molecule has 1 aliphatic rings. The van der Waals surface area contributed by atoms with Gasteiger partial charge in [0.05, 0.1) is 6.54 Å². The minimum absolute atomic E-state index is 0.101. The van der Waals surface area contributed by atoms with Gasteiger partial charge in [-0.25, -0.2) is 4.39 Å². The number of aryl methyl sites for hydroxylation is 1. The number of halogens is 1. The molecule has 1 aliphatic heterocycles. The van der Waals surface area contributed by atoms with Crippen molar-refractivity contribution in [2.24, 2.45) is 0 Å². The lowest BCUT2D eigenvalue weighted by Crippen LogP contribution is -2.38. The summed E-state index contributed by atoms with van der Waals surface area (Å²) >= 11 is 0. The fraction of sp³-hybridized carbons (Fsp3) is 0.368. The first-order valence-electron chi connectivity index (χ1n) is 8.30. The van der Waals surface area contributed by atoms with Crippen LogP contribution in [0.4, 0.5) is 10.1 Å². The number of likely N-dealkylation sites (tertiary alicyclic amines) is 1. The zero-order valence-corrected chi connectivity index (χ0v) is 13.8. The van der Waals surface area contributed by atoms with E-state index < -0.39 is 0 Å². The van der Waals surface area contributed by atoms with Crippen LogP contribution in [0.1, 0.15) is 30.0 Å². The van der Waals surface area contributed by atoms with Crippen LogP contribution in [0.3, 0.4) is 0 Å². The number of aromatic nitrogens is 1. The Hall–Kier alpha value is -2.27. The molecule has 1 amide bonds. The van der Waals surface area contributed by atoms with Crippen molar-refractivity contribution in [3.8, 4) is 0 Å². The Morgan fingerprint density at radius 1 is 1.29 bits per heavy atom. The summed E-state index contributed by atoms with van der Waals surface area (Å²) in [6, 6.07) is 10.2. The summed E-state index contributed by atoms with van der Waals surface area (Å²) in [4.78, 5) is 18.6. The number of rotatable bonds is 4. The van der Waals surface area contributed by atoms with Crippen LogP contribution >= 0.6 is 0 Å². The third kappa shape index (κ3) is 4.38. The maximum Gasteiger partial charge on any atom is 0.238 e. The van der Waals surface area contributed by atoms with Gasteiger partial charge in [-0.3, -0.25) is 14.7 Å². The Labute approximate surface area is 141 Å². The number of carbonyl (C=O) groups excluding carboxylic acids is 1. The summed E-state index contributed by atoms with van der Waals surface area (Å²) in [5.74, 6) is 0.0667. The van der Waals surface area contributed by atoms with E-state index in [4.69, 9.17) is 0 Å². The highest BCUT2D eigenvalue weighted by Crippen LogP contribution is 2.27. The van der Waals surface area contributed by atoms with Crippen molar-refractivity contribution in [3.05, 3.63) is 59.7 Å². The molecule has 126 valence electrons. The van der Waals surface area contributed by atoms with Gasteiger partial charge < -0.3 is 5.32 Å². The van der Waals surface area contributed by atoms with Crippen LogP contribution < -0.4 is 5.32 Å². The minimum Gasteiger partial charge on any atom is -0.325 e. The van der Waals surface area contributed by atoms with Crippen molar-refractivity contribution in [3.63, 3.8) is 0 Å². The normalized spacial score (nSPS) is 16.1. The largest absolute Gasteiger partial charge is 0.325 e. The molecular formula is C19H22FN3O. The predicted octanol–water partition coefficient (Wildman–Crippen LogP) is 3.35. The first-order valence-corrected chi connectivity index (χ1v) is 8.30. The van der Waals surface area contributed by atoms with E-state index in [-0.39, 0.29) is 11.7 Å². The second kappa shape index (κ2) is 7.53. The van der Waals surface area contributed by atoms with Crippen molar-refractivity contribution in [2.75, 3.05) is 25.0 Å². The van der Waals surface area contributed by atoms with Gasteiger partial charge in [-0.15, -0.1) is 0 Å². The Balaban J connectivity index is 1.48. The van der Waals surface area contributed by atoms with E-state index in [2.05, 4.69) is 21.3 Å². The highest BCUT2D eigenvalue weighted by atomic mass is 19.1. The number of nitrogens with one attached hydrogen (secondary N) is 1. The molecule has 0 bridgehead atoms. The van der Waals surface area contributed by atoms with Crippen molar-refractivity contribution >= 4 is 11.6 Å². The standard InChI is InChI=1S/C19H22FN3O/c1-14-5-6-16(12-21-14)15-7-9-23(10-8-15)13-19(24)22-18-4-2-3-17(20)11-18/h2-6,11-12,15H,7-10,13H2,1H3,(H,22,24). The van der Waals surface area contributed by atoms with Gasteiger partial charge in [-0.1, -0.05) is 12.1 Å². The number of hydrogen-bond donors (Lipinski definition) is 1. The fourth-order valence-corrected chi connectivity index (χ4v) is 3.11. The van der Waals surface area contributed by atoms with E-state index in [1.165, 1.54) is 17.7 Å². The Bertz CT molecular complexity index is 694. The zero-order valence-electron chi connectivity index (χ0n) is 13.8. The van der Waals surface area contributed by atoms with E-state index in [0.29, 0.717) is 18.2 Å². The average molecular weight is 327 g/mol. The molecule has 0 atom stereocenters. The summed E-state index contributed by atoms with van der Waals surface area (Å²) in [7, 11) is 0. The number of benzene rings is 1.